The summed E-state index contributed by atoms with van der Waals surface area (Å²) in [5, 5.41) is 40.2. The number of aliphatic hydroxyl groups excluding tert-OH is 2. The third kappa shape index (κ3) is 7.62. The number of benzene rings is 3. The molecule has 3 aliphatic carbocycles. The number of Topliss-reactive ketones (excluding diaryl/α,β-unsaturated/α-hetero) is 1. The lowest BCUT2D eigenvalue weighted by molar-refractivity contribution is -0.346. The zero-order chi connectivity index (χ0) is 45.8. The molecule has 4 aliphatic rings. The zero-order valence-electron chi connectivity index (χ0n) is 35.5. The van der Waals surface area contributed by atoms with Gasteiger partial charge in [0.15, 0.2) is 23.6 Å². The van der Waals surface area contributed by atoms with Gasteiger partial charge in [-0.3, -0.25) is 19.2 Å². The third-order valence-corrected chi connectivity index (χ3v) is 13.5. The quantitative estimate of drug-likeness (QED) is 0.129. The molecular weight excluding hydrogens is 822 g/mol. The summed E-state index contributed by atoms with van der Waals surface area (Å²) < 4.78 is 44.6. The van der Waals surface area contributed by atoms with Gasteiger partial charge < -0.3 is 44.3 Å². The molecule has 1 heterocycles. The van der Waals surface area contributed by atoms with Gasteiger partial charge in [-0.15, -0.1) is 0 Å². The average molecular weight is 872 g/mol. The van der Waals surface area contributed by atoms with E-state index in [1.165, 1.54) is 39.8 Å². The maximum absolute atomic E-state index is 15.5. The van der Waals surface area contributed by atoms with Crippen LogP contribution in [0.4, 0.5) is 4.39 Å². The van der Waals surface area contributed by atoms with Crippen LogP contribution in [0, 0.1) is 22.6 Å². The number of esters is 4. The van der Waals surface area contributed by atoms with Gasteiger partial charge in [0.05, 0.1) is 35.6 Å². The van der Waals surface area contributed by atoms with Gasteiger partial charge in [0.1, 0.15) is 29.7 Å². The summed E-state index contributed by atoms with van der Waals surface area (Å²) in [6.45, 7) is 7.64. The molecule has 2 bridgehead atoms. The summed E-state index contributed by atoms with van der Waals surface area (Å²) in [4.78, 5) is 83.4. The van der Waals surface area contributed by atoms with Crippen molar-refractivity contribution in [1.29, 1.82) is 0 Å². The van der Waals surface area contributed by atoms with Crippen molar-refractivity contribution < 1.29 is 72.2 Å². The highest BCUT2D eigenvalue weighted by Gasteiger charge is 2.78. The minimum atomic E-state index is -2.49. The molecule has 15 nitrogen and oxygen atoms in total. The number of fused-ring (bicyclic) bond motifs is 5. The van der Waals surface area contributed by atoms with Crippen LogP contribution in [0.5, 0.6) is 0 Å². The van der Waals surface area contributed by atoms with E-state index in [2.05, 4.69) is 5.32 Å². The Labute approximate surface area is 362 Å². The lowest BCUT2D eigenvalue weighted by atomic mass is 9.44. The Morgan fingerprint density at radius 1 is 0.873 bits per heavy atom. The SMILES string of the molecule is CC(=O)O[C@H]1C(=O)[C@@]2(C)[C@H]([C@H](OC(=O)c3cccc(F)c3)[C@]3(O)C[C@H](OC(=O)[C@H](O)[C@@H](NC(=O)c4ccccc4)c4ccccc4)C(C)=C1C3(C)C)[C@]1(OC(C)=O)CO[C@@H]1C[C@@H]2O. The second-order valence-corrected chi connectivity index (χ2v) is 17.5. The molecule has 0 aromatic heterocycles. The molecule has 2 saturated carbocycles. The van der Waals surface area contributed by atoms with E-state index in [4.69, 9.17) is 23.7 Å². The first-order chi connectivity index (χ1) is 29.7. The van der Waals surface area contributed by atoms with Crippen LogP contribution in [-0.4, -0.2) is 105 Å². The summed E-state index contributed by atoms with van der Waals surface area (Å²) in [6.07, 6.45) is -11.0. The number of ketones is 1. The highest BCUT2D eigenvalue weighted by Crippen LogP contribution is 2.64. The fourth-order valence-corrected chi connectivity index (χ4v) is 10.2. The molecule has 7 rings (SSSR count). The lowest BCUT2D eigenvalue weighted by Gasteiger charge is -2.67. The van der Waals surface area contributed by atoms with E-state index >= 15 is 4.79 Å². The number of nitrogens with one attached hydrogen (secondary N) is 1. The predicted octanol–water partition coefficient (Wildman–Crippen LogP) is 3.87. The van der Waals surface area contributed by atoms with E-state index in [1.807, 2.05) is 0 Å². The van der Waals surface area contributed by atoms with Gasteiger partial charge in [-0.05, 0) is 60.9 Å². The van der Waals surface area contributed by atoms with Gasteiger partial charge in [0.25, 0.3) is 5.91 Å². The van der Waals surface area contributed by atoms with Gasteiger partial charge in [0.2, 0.25) is 0 Å². The van der Waals surface area contributed by atoms with Crippen LogP contribution < -0.4 is 5.32 Å². The highest BCUT2D eigenvalue weighted by molar-refractivity contribution is 5.96. The Morgan fingerprint density at radius 3 is 2.10 bits per heavy atom. The van der Waals surface area contributed by atoms with Crippen LogP contribution in [0.1, 0.15) is 86.7 Å². The van der Waals surface area contributed by atoms with Crippen LogP contribution in [0.15, 0.2) is 96.1 Å². The second-order valence-electron chi connectivity index (χ2n) is 17.5. The Hall–Kier alpha value is -5.81. The smallest absolute Gasteiger partial charge is 0.338 e. The molecule has 0 radical (unpaired) electrons. The van der Waals surface area contributed by atoms with Crippen molar-refractivity contribution in [2.75, 3.05) is 6.61 Å². The number of amides is 1. The van der Waals surface area contributed by atoms with E-state index < -0.39 is 118 Å². The van der Waals surface area contributed by atoms with Crippen molar-refractivity contribution in [1.82, 2.24) is 5.32 Å². The number of aliphatic hydroxyl groups is 3. The Balaban J connectivity index is 1.39. The molecule has 3 fully saturated rings. The monoisotopic (exact) mass is 871 g/mol. The first kappa shape index (κ1) is 45.2. The van der Waals surface area contributed by atoms with E-state index in [0.29, 0.717) is 5.56 Å². The largest absolute Gasteiger partial charge is 0.456 e. The summed E-state index contributed by atoms with van der Waals surface area (Å²) in [7, 11) is 0. The number of hydrogen-bond acceptors (Lipinski definition) is 14. The predicted molar refractivity (Wildman–Crippen MR) is 218 cm³/mol. The van der Waals surface area contributed by atoms with Gasteiger partial charge in [-0.2, -0.15) is 0 Å². The molecule has 3 aromatic rings. The first-order valence-corrected chi connectivity index (χ1v) is 20.6. The van der Waals surface area contributed by atoms with E-state index in [9.17, 15) is 43.7 Å². The maximum Gasteiger partial charge on any atom is 0.338 e. The minimum absolute atomic E-state index is 0.0621. The number of hydrogen-bond donors (Lipinski definition) is 4. The molecule has 1 amide bonds. The van der Waals surface area contributed by atoms with Crippen LogP contribution in [0.2, 0.25) is 0 Å². The highest BCUT2D eigenvalue weighted by atomic mass is 19.1. The van der Waals surface area contributed by atoms with Gasteiger partial charge in [-0.25, -0.2) is 14.0 Å². The minimum Gasteiger partial charge on any atom is -0.456 e. The molecule has 0 unspecified atom stereocenters. The summed E-state index contributed by atoms with van der Waals surface area (Å²) >= 11 is 0. The number of carbonyl (C=O) groups is 6. The van der Waals surface area contributed by atoms with Crippen molar-refractivity contribution in [2.24, 2.45) is 16.7 Å². The second kappa shape index (κ2) is 16.7. The van der Waals surface area contributed by atoms with Gasteiger partial charge in [-0.1, -0.05) is 68.4 Å². The Kier molecular flexibility index (Phi) is 12.0. The molecule has 11 atom stereocenters. The molecule has 4 N–H and O–H groups in total. The molecule has 63 heavy (non-hydrogen) atoms. The maximum atomic E-state index is 15.5. The van der Waals surface area contributed by atoms with Crippen molar-refractivity contribution in [2.45, 2.75) is 108 Å². The van der Waals surface area contributed by atoms with Crippen molar-refractivity contribution in [3.05, 3.63) is 119 Å². The fourth-order valence-electron chi connectivity index (χ4n) is 10.2. The van der Waals surface area contributed by atoms with Crippen molar-refractivity contribution >= 4 is 35.6 Å². The lowest BCUT2D eigenvalue weighted by Crippen LogP contribution is -2.82. The van der Waals surface area contributed by atoms with Crippen LogP contribution in [-0.2, 0) is 42.9 Å². The average Bonchev–Trinajstić information content (AvgIpc) is 3.23. The molecule has 1 aliphatic heterocycles. The Bertz CT molecular complexity index is 2350. The first-order valence-electron chi connectivity index (χ1n) is 20.6. The topological polar surface area (TPSA) is 221 Å². The molecule has 1 saturated heterocycles. The van der Waals surface area contributed by atoms with E-state index in [1.54, 1.807) is 60.7 Å². The molecule has 334 valence electrons. The number of ether oxygens (including phenoxy) is 5. The van der Waals surface area contributed by atoms with E-state index in [-0.39, 0.29) is 35.3 Å². The standard InChI is InChI=1S/C47H50FNO14/c1-24-31(61-43(57)36(53)35(27-14-9-7-10-15-27)49-41(55)28-16-11-8-12-17-28)22-47(58)40(62-42(56)29-18-13-19-30(48)20-29)38-45(6,32(52)21-33-46(38,23-59-33)63-26(3)51)39(54)37(60-25(2)50)34(24)44(47,4)5/h7-20,31-33,35-38,40,52-53,58H,21-23H2,1-6H3,(H,49,55)/t31-,32-,33+,35-,36+,37+,38-,40-,45+,46-,47+/m0/s1. The fraction of sp³-hybridized carbons (Fsp3) is 0.447. The van der Waals surface area contributed by atoms with Crippen LogP contribution in [0.3, 0.4) is 0 Å². The summed E-state index contributed by atoms with van der Waals surface area (Å²) in [6, 6.07) is 19.4. The zero-order valence-corrected chi connectivity index (χ0v) is 35.5. The van der Waals surface area contributed by atoms with Gasteiger partial charge in [0, 0.05) is 37.7 Å². The summed E-state index contributed by atoms with van der Waals surface area (Å²) in [5.41, 5.74) is -7.87. The van der Waals surface area contributed by atoms with Gasteiger partial charge >= 0.3 is 23.9 Å². The molecule has 16 heteroatoms. The van der Waals surface area contributed by atoms with E-state index in [0.717, 1.165) is 26.0 Å². The van der Waals surface area contributed by atoms with Crippen molar-refractivity contribution in [3.63, 3.8) is 0 Å². The number of carbonyl (C=O) groups excluding carboxylic acids is 6. The van der Waals surface area contributed by atoms with Crippen LogP contribution in [0.25, 0.3) is 0 Å². The number of halogens is 1. The molecular formula is C47H50FNO14. The normalized spacial score (nSPS) is 31.6. The molecule has 0 spiro atoms. The number of rotatable bonds is 10. The summed E-state index contributed by atoms with van der Waals surface area (Å²) in [5.74, 6) is -8.17. The molecule has 3 aromatic carbocycles. The Morgan fingerprint density at radius 2 is 1.51 bits per heavy atom. The van der Waals surface area contributed by atoms with Crippen molar-refractivity contribution in [3.8, 4) is 0 Å². The third-order valence-electron chi connectivity index (χ3n) is 13.5. The van der Waals surface area contributed by atoms with Crippen LogP contribution >= 0.6 is 0 Å².